The molecule has 2 aromatic rings. The van der Waals surface area contributed by atoms with Crippen LogP contribution in [0.25, 0.3) is 0 Å². The molecule has 3 rings (SSSR count). The SMILES string of the molecule is Cc1cc(NC(=O)Nc2ccccc2)cc2c1CC(CN(C)C)CC2. The first-order chi connectivity index (χ1) is 12.0. The second-order valence-electron chi connectivity index (χ2n) is 7.25. The average Bonchev–Trinajstić information content (AvgIpc) is 2.56. The fourth-order valence-corrected chi connectivity index (χ4v) is 3.71. The number of anilines is 2. The highest BCUT2D eigenvalue weighted by Crippen LogP contribution is 2.31. The summed E-state index contributed by atoms with van der Waals surface area (Å²) in [6.07, 6.45) is 3.44. The van der Waals surface area contributed by atoms with Gasteiger partial charge in [0.05, 0.1) is 0 Å². The maximum Gasteiger partial charge on any atom is 0.323 e. The predicted octanol–water partition coefficient (Wildman–Crippen LogP) is 4.31. The highest BCUT2D eigenvalue weighted by molar-refractivity contribution is 5.99. The van der Waals surface area contributed by atoms with Gasteiger partial charge in [-0.1, -0.05) is 18.2 Å². The zero-order valence-corrected chi connectivity index (χ0v) is 15.3. The molecule has 0 heterocycles. The molecule has 2 N–H and O–H groups in total. The van der Waals surface area contributed by atoms with E-state index in [0.717, 1.165) is 36.7 Å². The summed E-state index contributed by atoms with van der Waals surface area (Å²) in [7, 11) is 4.28. The van der Waals surface area contributed by atoms with Gasteiger partial charge in [-0.2, -0.15) is 0 Å². The first-order valence-corrected chi connectivity index (χ1v) is 8.91. The molecule has 0 saturated heterocycles. The topological polar surface area (TPSA) is 44.4 Å². The zero-order valence-electron chi connectivity index (χ0n) is 15.3. The van der Waals surface area contributed by atoms with Gasteiger partial charge in [-0.3, -0.25) is 0 Å². The largest absolute Gasteiger partial charge is 0.323 e. The Labute approximate surface area is 150 Å². The number of nitrogens with zero attached hydrogens (tertiary/aromatic N) is 1. The molecule has 4 heteroatoms. The Morgan fingerprint density at radius 2 is 1.84 bits per heavy atom. The molecule has 2 aromatic carbocycles. The van der Waals surface area contributed by atoms with Crippen LogP contribution < -0.4 is 10.6 Å². The number of para-hydroxylation sites is 1. The lowest BCUT2D eigenvalue weighted by Crippen LogP contribution is -2.27. The first kappa shape index (κ1) is 17.5. The van der Waals surface area contributed by atoms with Crippen LogP contribution >= 0.6 is 0 Å². The summed E-state index contributed by atoms with van der Waals surface area (Å²) < 4.78 is 0. The van der Waals surface area contributed by atoms with Crippen molar-refractivity contribution in [1.82, 2.24) is 4.90 Å². The molecule has 4 nitrogen and oxygen atoms in total. The van der Waals surface area contributed by atoms with Crippen LogP contribution in [0.4, 0.5) is 16.2 Å². The molecular formula is C21H27N3O. The van der Waals surface area contributed by atoms with Gasteiger partial charge in [0.1, 0.15) is 0 Å². The van der Waals surface area contributed by atoms with E-state index in [1.165, 1.54) is 23.1 Å². The van der Waals surface area contributed by atoms with Crippen LogP contribution in [0.2, 0.25) is 0 Å². The summed E-state index contributed by atoms with van der Waals surface area (Å²) >= 11 is 0. The second kappa shape index (κ2) is 7.70. The molecule has 0 saturated carbocycles. The molecule has 1 unspecified atom stereocenters. The number of benzene rings is 2. The lowest BCUT2D eigenvalue weighted by atomic mass is 9.81. The van der Waals surface area contributed by atoms with Gasteiger partial charge in [-0.05, 0) is 87.2 Å². The molecule has 0 aromatic heterocycles. The van der Waals surface area contributed by atoms with Gasteiger partial charge < -0.3 is 15.5 Å². The molecular weight excluding hydrogens is 310 g/mol. The van der Waals surface area contributed by atoms with Crippen molar-refractivity contribution in [2.75, 3.05) is 31.3 Å². The lowest BCUT2D eigenvalue weighted by Gasteiger charge is -2.28. The number of hydrogen-bond acceptors (Lipinski definition) is 2. The molecule has 2 amide bonds. The summed E-state index contributed by atoms with van der Waals surface area (Å²) in [6, 6.07) is 13.5. The molecule has 0 aliphatic heterocycles. The van der Waals surface area contributed by atoms with Gasteiger partial charge in [0, 0.05) is 17.9 Å². The van der Waals surface area contributed by atoms with E-state index in [4.69, 9.17) is 0 Å². The number of amides is 2. The molecule has 0 bridgehead atoms. The number of nitrogens with one attached hydrogen (secondary N) is 2. The summed E-state index contributed by atoms with van der Waals surface area (Å²) in [5.41, 5.74) is 5.78. The van der Waals surface area contributed by atoms with Crippen molar-refractivity contribution in [3.63, 3.8) is 0 Å². The zero-order chi connectivity index (χ0) is 17.8. The van der Waals surface area contributed by atoms with E-state index in [-0.39, 0.29) is 6.03 Å². The van der Waals surface area contributed by atoms with Crippen LogP contribution in [-0.4, -0.2) is 31.6 Å². The summed E-state index contributed by atoms with van der Waals surface area (Å²) in [5.74, 6) is 0.724. The van der Waals surface area contributed by atoms with Gasteiger partial charge in [0.2, 0.25) is 0 Å². The summed E-state index contributed by atoms with van der Waals surface area (Å²) in [5, 5.41) is 5.83. The van der Waals surface area contributed by atoms with Gasteiger partial charge in [0.15, 0.2) is 0 Å². The van der Waals surface area contributed by atoms with Crippen molar-refractivity contribution in [1.29, 1.82) is 0 Å². The quantitative estimate of drug-likeness (QED) is 0.873. The van der Waals surface area contributed by atoms with Crippen molar-refractivity contribution in [3.05, 3.63) is 59.2 Å². The molecule has 1 aliphatic rings. The third-order valence-corrected chi connectivity index (χ3v) is 4.79. The molecule has 0 radical (unpaired) electrons. The second-order valence-corrected chi connectivity index (χ2v) is 7.25. The minimum absolute atomic E-state index is 0.202. The minimum atomic E-state index is -0.202. The monoisotopic (exact) mass is 337 g/mol. The molecule has 0 spiro atoms. The number of rotatable bonds is 4. The molecule has 25 heavy (non-hydrogen) atoms. The number of urea groups is 1. The van der Waals surface area contributed by atoms with Crippen LogP contribution in [0.3, 0.4) is 0 Å². The Morgan fingerprint density at radius 3 is 2.56 bits per heavy atom. The van der Waals surface area contributed by atoms with Crippen molar-refractivity contribution >= 4 is 17.4 Å². The van der Waals surface area contributed by atoms with Gasteiger partial charge >= 0.3 is 6.03 Å². The Kier molecular flexibility index (Phi) is 5.39. The smallest absolute Gasteiger partial charge is 0.309 e. The van der Waals surface area contributed by atoms with Crippen LogP contribution in [0.15, 0.2) is 42.5 Å². The number of aryl methyl sites for hydroxylation is 2. The normalized spacial score (nSPS) is 16.4. The standard InChI is InChI=1S/C21H27N3O/c1-15-11-19(23-21(25)22-18-7-5-4-6-8-18)13-17-10-9-16(12-20(15)17)14-24(2)3/h4-8,11,13,16H,9-10,12,14H2,1-3H3,(H2,22,23,25). The summed E-state index contributed by atoms with van der Waals surface area (Å²) in [6.45, 7) is 3.29. The van der Waals surface area contributed by atoms with Crippen molar-refractivity contribution < 1.29 is 4.79 Å². The van der Waals surface area contributed by atoms with E-state index in [0.29, 0.717) is 0 Å². The predicted molar refractivity (Wildman–Crippen MR) is 104 cm³/mol. The highest BCUT2D eigenvalue weighted by atomic mass is 16.2. The van der Waals surface area contributed by atoms with Crippen LogP contribution in [0.5, 0.6) is 0 Å². The minimum Gasteiger partial charge on any atom is -0.309 e. The van der Waals surface area contributed by atoms with Crippen LogP contribution in [-0.2, 0) is 12.8 Å². The van der Waals surface area contributed by atoms with E-state index in [1.54, 1.807) is 0 Å². The molecule has 0 fully saturated rings. The van der Waals surface area contributed by atoms with E-state index < -0.39 is 0 Å². The average molecular weight is 337 g/mol. The maximum atomic E-state index is 12.2. The van der Waals surface area contributed by atoms with Gasteiger partial charge in [-0.15, -0.1) is 0 Å². The van der Waals surface area contributed by atoms with Crippen molar-refractivity contribution in [3.8, 4) is 0 Å². The number of hydrogen-bond donors (Lipinski definition) is 2. The fourth-order valence-electron chi connectivity index (χ4n) is 3.71. The van der Waals surface area contributed by atoms with Crippen LogP contribution in [0.1, 0.15) is 23.1 Å². The Hall–Kier alpha value is -2.33. The molecule has 132 valence electrons. The van der Waals surface area contributed by atoms with E-state index in [1.807, 2.05) is 30.3 Å². The molecule has 1 aliphatic carbocycles. The maximum absolute atomic E-state index is 12.2. The van der Waals surface area contributed by atoms with Crippen molar-refractivity contribution in [2.45, 2.75) is 26.2 Å². The van der Waals surface area contributed by atoms with Crippen LogP contribution in [0, 0.1) is 12.8 Å². The number of fused-ring (bicyclic) bond motifs is 1. The van der Waals surface area contributed by atoms with E-state index >= 15 is 0 Å². The third-order valence-electron chi connectivity index (χ3n) is 4.79. The number of carbonyl (C=O) groups excluding carboxylic acids is 1. The lowest BCUT2D eigenvalue weighted by molar-refractivity contribution is 0.262. The summed E-state index contributed by atoms with van der Waals surface area (Å²) in [4.78, 5) is 14.5. The molecule has 1 atom stereocenters. The van der Waals surface area contributed by atoms with E-state index in [2.05, 4.69) is 48.7 Å². The Morgan fingerprint density at radius 1 is 1.12 bits per heavy atom. The fraction of sp³-hybridized carbons (Fsp3) is 0.381. The highest BCUT2D eigenvalue weighted by Gasteiger charge is 2.21. The van der Waals surface area contributed by atoms with Gasteiger partial charge in [-0.25, -0.2) is 4.79 Å². The first-order valence-electron chi connectivity index (χ1n) is 8.91. The van der Waals surface area contributed by atoms with Gasteiger partial charge in [0.25, 0.3) is 0 Å². The Bertz CT molecular complexity index is 740. The van der Waals surface area contributed by atoms with Crippen molar-refractivity contribution in [2.24, 2.45) is 5.92 Å². The third kappa shape index (κ3) is 4.60. The Balaban J connectivity index is 1.68. The van der Waals surface area contributed by atoms with E-state index in [9.17, 15) is 4.79 Å². The number of carbonyl (C=O) groups is 1.